The Morgan fingerprint density at radius 3 is 2.41 bits per heavy atom. The summed E-state index contributed by atoms with van der Waals surface area (Å²) in [6.07, 6.45) is 4.59. The highest BCUT2D eigenvalue weighted by Crippen LogP contribution is 2.55. The van der Waals surface area contributed by atoms with Crippen LogP contribution in [0.25, 0.3) is 0 Å². The first kappa shape index (κ1) is 20.4. The van der Waals surface area contributed by atoms with Gasteiger partial charge in [0.15, 0.2) is 16.9 Å². The van der Waals surface area contributed by atoms with Crippen LogP contribution < -0.4 is 9.47 Å². The number of fused-ring (bicyclic) bond motifs is 1. The molecule has 0 spiro atoms. The number of allylic oxidation sites excluding steroid dienone is 2. The van der Waals surface area contributed by atoms with E-state index >= 15 is 0 Å². The number of rotatable bonds is 5. The molecule has 1 aromatic carbocycles. The van der Waals surface area contributed by atoms with E-state index in [0.29, 0.717) is 24.7 Å². The molecule has 6 nitrogen and oxygen atoms in total. The lowest BCUT2D eigenvalue weighted by atomic mass is 9.53. The van der Waals surface area contributed by atoms with Crippen molar-refractivity contribution in [1.82, 2.24) is 0 Å². The maximum Gasteiger partial charge on any atom is 0.189 e. The Morgan fingerprint density at radius 1 is 1.10 bits per heavy atom. The largest absolute Gasteiger partial charge is 0.490 e. The third-order valence-electron chi connectivity index (χ3n) is 5.85. The van der Waals surface area contributed by atoms with E-state index in [-0.39, 0.29) is 11.6 Å². The van der Waals surface area contributed by atoms with Gasteiger partial charge >= 0.3 is 0 Å². The fourth-order valence-electron chi connectivity index (χ4n) is 4.65. The van der Waals surface area contributed by atoms with Crippen LogP contribution in [0.1, 0.15) is 44.6 Å². The molecule has 0 heterocycles. The smallest absolute Gasteiger partial charge is 0.189 e. The van der Waals surface area contributed by atoms with Crippen LogP contribution in [-0.2, 0) is 0 Å². The molecule has 2 aliphatic rings. The van der Waals surface area contributed by atoms with Gasteiger partial charge in [0.2, 0.25) is 0 Å². The molecule has 29 heavy (non-hydrogen) atoms. The SMILES string of the molecule is CCOc1ccc([C@H]2[C@H]3CCCC=C3[C@@H](C#N)C(=N)C2(C#N)C#N)cc1OCC. The second-order valence-corrected chi connectivity index (χ2v) is 7.30. The summed E-state index contributed by atoms with van der Waals surface area (Å²) in [6.45, 7) is 4.72. The molecule has 148 valence electrons. The zero-order valence-corrected chi connectivity index (χ0v) is 16.7. The van der Waals surface area contributed by atoms with Crippen molar-refractivity contribution in [3.05, 3.63) is 35.4 Å². The van der Waals surface area contributed by atoms with Crippen molar-refractivity contribution < 1.29 is 9.47 Å². The molecule has 0 unspecified atom stereocenters. The maximum absolute atomic E-state index is 10.1. The predicted octanol–water partition coefficient (Wildman–Crippen LogP) is 4.50. The molecular formula is C23H24N4O2. The third kappa shape index (κ3) is 3.24. The minimum Gasteiger partial charge on any atom is -0.490 e. The lowest BCUT2D eigenvalue weighted by molar-refractivity contribution is 0.284. The summed E-state index contributed by atoms with van der Waals surface area (Å²) in [7, 11) is 0. The van der Waals surface area contributed by atoms with Crippen molar-refractivity contribution in [2.75, 3.05) is 13.2 Å². The van der Waals surface area contributed by atoms with Gasteiger partial charge in [0.1, 0.15) is 5.92 Å². The fourth-order valence-corrected chi connectivity index (χ4v) is 4.65. The molecule has 0 radical (unpaired) electrons. The Labute approximate surface area is 171 Å². The first-order chi connectivity index (χ1) is 14.1. The van der Waals surface area contributed by atoms with E-state index in [2.05, 4.69) is 18.2 Å². The molecule has 1 fully saturated rings. The summed E-state index contributed by atoms with van der Waals surface area (Å²) >= 11 is 0. The van der Waals surface area contributed by atoms with Crippen molar-refractivity contribution in [3.63, 3.8) is 0 Å². The quantitative estimate of drug-likeness (QED) is 0.746. The van der Waals surface area contributed by atoms with Gasteiger partial charge in [-0.15, -0.1) is 0 Å². The molecule has 2 aliphatic carbocycles. The van der Waals surface area contributed by atoms with Crippen LogP contribution in [0.4, 0.5) is 0 Å². The molecule has 0 bridgehead atoms. The zero-order valence-electron chi connectivity index (χ0n) is 16.7. The van der Waals surface area contributed by atoms with Crippen LogP contribution in [0.3, 0.4) is 0 Å². The molecular weight excluding hydrogens is 364 g/mol. The van der Waals surface area contributed by atoms with Crippen LogP contribution >= 0.6 is 0 Å². The van der Waals surface area contributed by atoms with Crippen LogP contribution in [0.15, 0.2) is 29.8 Å². The summed E-state index contributed by atoms with van der Waals surface area (Å²) in [4.78, 5) is 0. The minimum atomic E-state index is -1.68. The van der Waals surface area contributed by atoms with Gasteiger partial charge in [-0.1, -0.05) is 12.1 Å². The molecule has 0 aliphatic heterocycles. The van der Waals surface area contributed by atoms with E-state index in [1.165, 1.54) is 0 Å². The third-order valence-corrected chi connectivity index (χ3v) is 5.85. The highest BCUT2D eigenvalue weighted by Gasteiger charge is 2.57. The average Bonchev–Trinajstić information content (AvgIpc) is 2.75. The fraction of sp³-hybridized carbons (Fsp3) is 0.478. The number of nitrogens with one attached hydrogen (secondary N) is 1. The molecule has 0 aromatic heterocycles. The number of hydrogen-bond acceptors (Lipinski definition) is 6. The lowest BCUT2D eigenvalue weighted by Gasteiger charge is -2.45. The summed E-state index contributed by atoms with van der Waals surface area (Å²) in [6, 6.07) is 11.9. The maximum atomic E-state index is 10.1. The van der Waals surface area contributed by atoms with Gasteiger partial charge < -0.3 is 14.9 Å². The standard InChI is InChI=1S/C23H24N4O2/c1-3-28-19-10-9-15(11-20(19)29-4-2)21-17-8-6-5-7-16(17)18(12-24)22(27)23(21,13-25)14-26/h7,9-11,17-18,21,27H,3-6,8H2,1-2H3/t17-,18+,21-/m0/s1. The Hall–Kier alpha value is -3.30. The van der Waals surface area contributed by atoms with Crippen LogP contribution in [0.5, 0.6) is 11.5 Å². The van der Waals surface area contributed by atoms with E-state index in [1.807, 2.05) is 32.1 Å². The van der Waals surface area contributed by atoms with Crippen LogP contribution in [-0.4, -0.2) is 18.9 Å². The first-order valence-electron chi connectivity index (χ1n) is 9.98. The summed E-state index contributed by atoms with van der Waals surface area (Å²) in [5.74, 6) is -0.306. The Kier molecular flexibility index (Phi) is 5.90. The number of benzene rings is 1. The molecule has 0 saturated heterocycles. The van der Waals surface area contributed by atoms with Crippen molar-refractivity contribution in [1.29, 1.82) is 21.2 Å². The summed E-state index contributed by atoms with van der Waals surface area (Å²) < 4.78 is 11.4. The van der Waals surface area contributed by atoms with Crippen LogP contribution in [0, 0.1) is 56.7 Å². The van der Waals surface area contributed by atoms with E-state index in [0.717, 1.165) is 30.4 Å². The number of hydrogen-bond donors (Lipinski definition) is 1. The highest BCUT2D eigenvalue weighted by molar-refractivity contribution is 6.00. The molecule has 1 aromatic rings. The number of nitrogens with zero attached hydrogens (tertiary/aromatic N) is 3. The normalized spacial score (nSPS) is 24.9. The van der Waals surface area contributed by atoms with E-state index in [4.69, 9.17) is 14.9 Å². The van der Waals surface area contributed by atoms with Gasteiger partial charge in [0.25, 0.3) is 0 Å². The van der Waals surface area contributed by atoms with E-state index < -0.39 is 17.3 Å². The van der Waals surface area contributed by atoms with Gasteiger partial charge in [0, 0.05) is 5.92 Å². The Balaban J connectivity index is 2.21. The van der Waals surface area contributed by atoms with Gasteiger partial charge in [-0.3, -0.25) is 0 Å². The van der Waals surface area contributed by atoms with Gasteiger partial charge in [-0.25, -0.2) is 0 Å². The molecule has 1 saturated carbocycles. The second kappa shape index (κ2) is 8.38. The van der Waals surface area contributed by atoms with Crippen molar-refractivity contribution in [2.24, 2.45) is 17.3 Å². The van der Waals surface area contributed by atoms with Gasteiger partial charge in [0.05, 0.1) is 37.1 Å². The van der Waals surface area contributed by atoms with Crippen molar-refractivity contribution in [3.8, 4) is 29.7 Å². The first-order valence-corrected chi connectivity index (χ1v) is 9.98. The molecule has 3 atom stereocenters. The summed E-state index contributed by atoms with van der Waals surface area (Å²) in [5, 5.41) is 38.5. The molecule has 3 rings (SSSR count). The Morgan fingerprint density at radius 2 is 1.79 bits per heavy atom. The van der Waals surface area contributed by atoms with Crippen molar-refractivity contribution >= 4 is 5.71 Å². The van der Waals surface area contributed by atoms with Gasteiger partial charge in [-0.05, 0) is 62.3 Å². The monoisotopic (exact) mass is 388 g/mol. The van der Waals surface area contributed by atoms with E-state index in [1.54, 1.807) is 6.07 Å². The average molecular weight is 388 g/mol. The zero-order chi connectivity index (χ0) is 21.0. The van der Waals surface area contributed by atoms with Crippen LogP contribution in [0.2, 0.25) is 0 Å². The Bertz CT molecular complexity index is 947. The molecule has 1 N–H and O–H groups in total. The number of ether oxygens (including phenoxy) is 2. The topological polar surface area (TPSA) is 114 Å². The van der Waals surface area contributed by atoms with E-state index in [9.17, 15) is 15.8 Å². The lowest BCUT2D eigenvalue weighted by Crippen LogP contribution is -2.48. The summed E-state index contributed by atoms with van der Waals surface area (Å²) in [5.41, 5.74) is -0.164. The molecule has 6 heteroatoms. The van der Waals surface area contributed by atoms with Gasteiger partial charge in [-0.2, -0.15) is 15.8 Å². The minimum absolute atomic E-state index is 0.119. The highest BCUT2D eigenvalue weighted by atomic mass is 16.5. The van der Waals surface area contributed by atoms with Crippen molar-refractivity contribution in [2.45, 2.75) is 39.0 Å². The molecule has 0 amide bonds. The predicted molar refractivity (Wildman–Crippen MR) is 107 cm³/mol. The second-order valence-electron chi connectivity index (χ2n) is 7.30. The number of nitriles is 3.